The van der Waals surface area contributed by atoms with Gasteiger partial charge in [0.1, 0.15) is 5.75 Å². The van der Waals surface area contributed by atoms with E-state index in [1.807, 2.05) is 0 Å². The Morgan fingerprint density at radius 1 is 1.10 bits per heavy atom. The molecular formula is C13H9N2O5Re-. The van der Waals surface area contributed by atoms with Crippen LogP contribution in [0.15, 0.2) is 36.4 Å². The summed E-state index contributed by atoms with van der Waals surface area (Å²) in [5, 5.41) is 21.5. The average molecular weight is 459 g/mol. The topological polar surface area (TPSA) is 95.5 Å². The van der Waals surface area contributed by atoms with Crippen LogP contribution in [0, 0.1) is 33.2 Å². The van der Waals surface area contributed by atoms with Gasteiger partial charge in [-0.25, -0.2) is 0 Å². The second kappa shape index (κ2) is 6.93. The number of hydrogen-bond donors (Lipinski definition) is 0. The Morgan fingerprint density at radius 3 is 2.14 bits per heavy atom. The molecule has 0 atom stereocenters. The normalized spacial score (nSPS) is 9.57. The molecule has 0 saturated heterocycles. The van der Waals surface area contributed by atoms with E-state index in [1.165, 1.54) is 0 Å². The minimum Gasteiger partial charge on any atom is -0.483 e. The predicted molar refractivity (Wildman–Crippen MR) is 69.8 cm³/mol. The Hall–Kier alpha value is -2.30. The zero-order chi connectivity index (χ0) is 14.7. The molecule has 8 heteroatoms. The smallest absolute Gasteiger partial charge is 0.280 e. The first-order valence-corrected chi connectivity index (χ1v) is 5.56. The number of nitro groups is 2. The predicted octanol–water partition coefficient (Wildman–Crippen LogP) is 3.40. The molecule has 7 nitrogen and oxygen atoms in total. The van der Waals surface area contributed by atoms with Gasteiger partial charge in [-0.15, -0.1) is 11.6 Å². The summed E-state index contributed by atoms with van der Waals surface area (Å²) in [5.74, 6) is 0.388. The molecule has 0 aliphatic rings. The first kappa shape index (κ1) is 16.8. The Morgan fingerprint density at radius 2 is 1.67 bits per heavy atom. The van der Waals surface area contributed by atoms with Crippen molar-refractivity contribution in [3.63, 3.8) is 0 Å². The van der Waals surface area contributed by atoms with Crippen LogP contribution >= 0.6 is 0 Å². The van der Waals surface area contributed by atoms with Crippen LogP contribution in [0.3, 0.4) is 0 Å². The largest absolute Gasteiger partial charge is 0.483 e. The third-order valence-electron chi connectivity index (χ3n) is 2.53. The number of ether oxygens (including phenoxy) is 1. The van der Waals surface area contributed by atoms with Crippen LogP contribution in [0.4, 0.5) is 11.4 Å². The Labute approximate surface area is 133 Å². The molecule has 0 N–H and O–H groups in total. The quantitative estimate of drug-likeness (QED) is 0.397. The minimum absolute atomic E-state index is 0. The fourth-order valence-corrected chi connectivity index (χ4v) is 1.57. The second-order valence-electron chi connectivity index (χ2n) is 3.98. The van der Waals surface area contributed by atoms with Crippen molar-refractivity contribution in [2.45, 2.75) is 6.92 Å². The van der Waals surface area contributed by atoms with Crippen molar-refractivity contribution in [3.8, 4) is 11.5 Å². The van der Waals surface area contributed by atoms with Crippen LogP contribution < -0.4 is 4.74 Å². The van der Waals surface area contributed by atoms with Gasteiger partial charge >= 0.3 is 0 Å². The third kappa shape index (κ3) is 4.08. The summed E-state index contributed by atoms with van der Waals surface area (Å²) in [6.45, 7) is 1.78. The molecule has 1 radical (unpaired) electrons. The number of nitro benzene ring substituents is 2. The summed E-state index contributed by atoms with van der Waals surface area (Å²) in [6, 6.07) is 11.1. The van der Waals surface area contributed by atoms with E-state index in [9.17, 15) is 20.2 Å². The fraction of sp³-hybridized carbons (Fsp3) is 0.0769. The SMILES string of the molecule is Cc1ccc[c-]c1Oc1cc([N+](=O)[O-])cc([N+](=O)[O-])c1.[Re]. The number of non-ortho nitro benzene ring substituents is 2. The molecule has 2 aromatic rings. The minimum atomic E-state index is -0.707. The summed E-state index contributed by atoms with van der Waals surface area (Å²) in [4.78, 5) is 20.1. The van der Waals surface area contributed by atoms with Crippen LogP contribution in [0.2, 0.25) is 0 Å². The number of aryl methyl sites for hydroxylation is 1. The zero-order valence-corrected chi connectivity index (χ0v) is 13.5. The molecule has 0 aliphatic heterocycles. The first-order valence-electron chi connectivity index (χ1n) is 5.56. The first-order chi connectivity index (χ1) is 9.47. The van der Waals surface area contributed by atoms with Crippen molar-refractivity contribution < 1.29 is 35.0 Å². The van der Waals surface area contributed by atoms with Gasteiger partial charge in [0.25, 0.3) is 11.4 Å². The molecule has 0 bridgehead atoms. The molecule has 0 unspecified atom stereocenters. The molecule has 0 fully saturated rings. The molecule has 0 spiro atoms. The maximum absolute atomic E-state index is 10.8. The van der Waals surface area contributed by atoms with E-state index < -0.39 is 21.2 Å². The average Bonchev–Trinajstić information content (AvgIpc) is 2.41. The van der Waals surface area contributed by atoms with E-state index in [1.54, 1.807) is 25.1 Å². The zero-order valence-electron chi connectivity index (χ0n) is 10.8. The van der Waals surface area contributed by atoms with Crippen LogP contribution in [-0.2, 0) is 20.4 Å². The molecule has 0 saturated carbocycles. The standard InChI is InChI=1S/C13H9N2O5.Re/c1-9-4-2-3-5-13(9)20-12-7-10(14(16)17)6-11(8-12)15(18)19;/h2-4,6-8H,1H3;/q-1;. The Balaban J connectivity index is 0.00000220. The molecule has 0 aliphatic carbocycles. The van der Waals surface area contributed by atoms with Gasteiger partial charge < -0.3 is 4.74 Å². The van der Waals surface area contributed by atoms with E-state index in [2.05, 4.69) is 6.07 Å². The van der Waals surface area contributed by atoms with Crippen LogP contribution in [0.5, 0.6) is 11.5 Å². The summed E-state index contributed by atoms with van der Waals surface area (Å²) in [6.07, 6.45) is 0. The monoisotopic (exact) mass is 460 g/mol. The van der Waals surface area contributed by atoms with Crippen molar-refractivity contribution in [2.24, 2.45) is 0 Å². The molecule has 0 heterocycles. The molecule has 2 rings (SSSR count). The molecule has 0 aromatic heterocycles. The number of rotatable bonds is 4. The molecular weight excluding hydrogens is 450 g/mol. The number of benzene rings is 2. The molecule has 109 valence electrons. The Bertz CT molecular complexity index is 658. The van der Waals surface area contributed by atoms with Crippen molar-refractivity contribution in [2.75, 3.05) is 0 Å². The Kier molecular flexibility index (Phi) is 5.53. The van der Waals surface area contributed by atoms with Crippen LogP contribution in [0.1, 0.15) is 5.56 Å². The maximum Gasteiger partial charge on any atom is 0.280 e. The van der Waals surface area contributed by atoms with E-state index in [-0.39, 0.29) is 26.2 Å². The van der Waals surface area contributed by atoms with Crippen LogP contribution in [0.25, 0.3) is 0 Å². The molecule has 0 amide bonds. The van der Waals surface area contributed by atoms with Crippen molar-refractivity contribution >= 4 is 11.4 Å². The maximum atomic E-state index is 10.8. The fourth-order valence-electron chi connectivity index (χ4n) is 1.57. The molecule has 21 heavy (non-hydrogen) atoms. The van der Waals surface area contributed by atoms with E-state index in [0.29, 0.717) is 5.75 Å². The number of para-hydroxylation sites is 1. The summed E-state index contributed by atoms with van der Waals surface area (Å²) >= 11 is 0. The second-order valence-corrected chi connectivity index (χ2v) is 3.98. The van der Waals surface area contributed by atoms with Crippen molar-refractivity contribution in [1.29, 1.82) is 0 Å². The van der Waals surface area contributed by atoms with Gasteiger partial charge in [-0.2, -0.15) is 18.2 Å². The summed E-state index contributed by atoms with van der Waals surface area (Å²) in [7, 11) is 0. The van der Waals surface area contributed by atoms with E-state index in [0.717, 1.165) is 23.8 Å². The van der Waals surface area contributed by atoms with Gasteiger partial charge in [0.05, 0.1) is 28.0 Å². The number of hydrogen-bond acceptors (Lipinski definition) is 5. The van der Waals surface area contributed by atoms with Crippen LogP contribution in [-0.4, -0.2) is 9.85 Å². The van der Waals surface area contributed by atoms with Gasteiger partial charge in [-0.05, 0) is 0 Å². The summed E-state index contributed by atoms with van der Waals surface area (Å²) < 4.78 is 5.43. The third-order valence-corrected chi connectivity index (χ3v) is 2.53. The van der Waals surface area contributed by atoms with E-state index in [4.69, 9.17) is 4.74 Å². The van der Waals surface area contributed by atoms with Gasteiger partial charge in [-0.1, -0.05) is 6.92 Å². The van der Waals surface area contributed by atoms with Gasteiger partial charge in [-0.3, -0.25) is 20.2 Å². The number of nitrogens with zero attached hydrogens (tertiary/aromatic N) is 2. The van der Waals surface area contributed by atoms with E-state index >= 15 is 0 Å². The van der Waals surface area contributed by atoms with Gasteiger partial charge in [0.2, 0.25) is 0 Å². The van der Waals surface area contributed by atoms with Crippen molar-refractivity contribution in [1.82, 2.24) is 0 Å². The van der Waals surface area contributed by atoms with Crippen molar-refractivity contribution in [3.05, 3.63) is 68.3 Å². The van der Waals surface area contributed by atoms with Gasteiger partial charge in [0.15, 0.2) is 0 Å². The summed E-state index contributed by atoms with van der Waals surface area (Å²) in [5.41, 5.74) is -0.0350. The van der Waals surface area contributed by atoms with Gasteiger partial charge in [0, 0.05) is 26.2 Å². The molecule has 2 aromatic carbocycles.